The minimum atomic E-state index is 0.427. The van der Waals surface area contributed by atoms with Crippen LogP contribution >= 0.6 is 0 Å². The molecule has 0 saturated heterocycles. The van der Waals surface area contributed by atoms with E-state index < -0.39 is 0 Å². The van der Waals surface area contributed by atoms with Crippen molar-refractivity contribution >= 4 is 11.3 Å². The van der Waals surface area contributed by atoms with Gasteiger partial charge in [0, 0.05) is 38.6 Å². The van der Waals surface area contributed by atoms with Crippen LogP contribution in [0.5, 0.6) is 0 Å². The summed E-state index contributed by atoms with van der Waals surface area (Å²) in [6.45, 7) is 10.5. The first-order valence-electron chi connectivity index (χ1n) is 7.28. The Morgan fingerprint density at radius 1 is 1.30 bits per heavy atom. The van der Waals surface area contributed by atoms with Crippen molar-refractivity contribution in [3.05, 3.63) is 24.2 Å². The Morgan fingerprint density at radius 2 is 2.05 bits per heavy atom. The van der Waals surface area contributed by atoms with Crippen LogP contribution in [0.15, 0.2) is 18.5 Å². The standard InChI is InChI=1S/C15H25N5/c1-11(2)13-10-14-15(17-7-9-20(14)18-13)19(5)8-6-16-12(3)4/h7,9-12,16H,6,8H2,1-5H3. The average molecular weight is 275 g/mol. The number of hydrogen-bond acceptors (Lipinski definition) is 4. The molecule has 0 amide bonds. The van der Waals surface area contributed by atoms with Gasteiger partial charge in [-0.1, -0.05) is 27.7 Å². The molecule has 0 unspecified atom stereocenters. The highest BCUT2D eigenvalue weighted by molar-refractivity contribution is 5.68. The molecular weight excluding hydrogens is 250 g/mol. The summed E-state index contributed by atoms with van der Waals surface area (Å²) < 4.78 is 1.92. The van der Waals surface area contributed by atoms with Gasteiger partial charge in [0.25, 0.3) is 0 Å². The van der Waals surface area contributed by atoms with E-state index in [2.05, 4.69) is 61.1 Å². The van der Waals surface area contributed by atoms with E-state index in [-0.39, 0.29) is 0 Å². The third-order valence-electron chi connectivity index (χ3n) is 3.34. The number of hydrogen-bond donors (Lipinski definition) is 1. The van der Waals surface area contributed by atoms with Crippen LogP contribution in [0.3, 0.4) is 0 Å². The summed E-state index contributed by atoms with van der Waals surface area (Å²) in [5.74, 6) is 1.41. The molecule has 2 rings (SSSR count). The Bertz CT molecular complexity index is 558. The number of nitrogens with zero attached hydrogens (tertiary/aromatic N) is 4. The monoisotopic (exact) mass is 275 g/mol. The molecular formula is C15H25N5. The zero-order valence-corrected chi connectivity index (χ0v) is 13.1. The Kier molecular flexibility index (Phi) is 4.60. The average Bonchev–Trinajstić information content (AvgIpc) is 2.81. The van der Waals surface area contributed by atoms with Crippen LogP contribution in [0.25, 0.3) is 5.52 Å². The molecule has 0 fully saturated rings. The van der Waals surface area contributed by atoms with Crippen LogP contribution in [0, 0.1) is 0 Å². The minimum Gasteiger partial charge on any atom is -0.357 e. The van der Waals surface area contributed by atoms with Gasteiger partial charge in [-0.25, -0.2) is 9.50 Å². The Balaban J connectivity index is 2.20. The first-order valence-corrected chi connectivity index (χ1v) is 7.28. The first kappa shape index (κ1) is 14.8. The SMILES string of the molecule is CC(C)NCCN(C)c1nccn2nc(C(C)C)cc12. The predicted molar refractivity (Wildman–Crippen MR) is 83.5 cm³/mol. The molecule has 1 N–H and O–H groups in total. The molecule has 0 aliphatic carbocycles. The van der Waals surface area contributed by atoms with Crippen molar-refractivity contribution in [1.82, 2.24) is 19.9 Å². The maximum absolute atomic E-state index is 4.60. The van der Waals surface area contributed by atoms with Crippen LogP contribution in [0.1, 0.15) is 39.3 Å². The van der Waals surface area contributed by atoms with Crippen molar-refractivity contribution in [2.75, 3.05) is 25.0 Å². The van der Waals surface area contributed by atoms with Crippen LogP contribution in [0.2, 0.25) is 0 Å². The number of rotatable bonds is 6. The fraction of sp³-hybridized carbons (Fsp3) is 0.600. The van der Waals surface area contributed by atoms with Crippen molar-refractivity contribution in [2.45, 2.75) is 39.7 Å². The van der Waals surface area contributed by atoms with Crippen molar-refractivity contribution in [1.29, 1.82) is 0 Å². The molecule has 0 radical (unpaired) electrons. The van der Waals surface area contributed by atoms with Gasteiger partial charge in [0.05, 0.1) is 5.69 Å². The van der Waals surface area contributed by atoms with Gasteiger partial charge in [0.1, 0.15) is 5.52 Å². The van der Waals surface area contributed by atoms with Gasteiger partial charge < -0.3 is 10.2 Å². The molecule has 0 saturated carbocycles. The van der Waals surface area contributed by atoms with Gasteiger partial charge in [0.15, 0.2) is 5.82 Å². The number of aromatic nitrogens is 3. The second-order valence-electron chi connectivity index (χ2n) is 5.83. The summed E-state index contributed by atoms with van der Waals surface area (Å²) in [4.78, 5) is 6.69. The van der Waals surface area contributed by atoms with Gasteiger partial charge in [-0.3, -0.25) is 0 Å². The molecule has 2 aromatic heterocycles. The van der Waals surface area contributed by atoms with Gasteiger partial charge in [-0.05, 0) is 12.0 Å². The van der Waals surface area contributed by atoms with Crippen LogP contribution in [-0.2, 0) is 0 Å². The maximum atomic E-state index is 4.60. The van der Waals surface area contributed by atoms with Crippen LogP contribution in [-0.4, -0.2) is 40.8 Å². The van der Waals surface area contributed by atoms with Gasteiger partial charge in [0.2, 0.25) is 0 Å². The lowest BCUT2D eigenvalue weighted by molar-refractivity contribution is 0.588. The van der Waals surface area contributed by atoms with Crippen molar-refractivity contribution in [3.63, 3.8) is 0 Å². The summed E-state index contributed by atoms with van der Waals surface area (Å²) in [6.07, 6.45) is 3.72. The number of fused-ring (bicyclic) bond motifs is 1. The quantitative estimate of drug-likeness (QED) is 0.878. The molecule has 20 heavy (non-hydrogen) atoms. The number of nitrogens with one attached hydrogen (secondary N) is 1. The fourth-order valence-corrected chi connectivity index (χ4v) is 2.13. The largest absolute Gasteiger partial charge is 0.357 e. The maximum Gasteiger partial charge on any atom is 0.154 e. The van der Waals surface area contributed by atoms with E-state index in [1.165, 1.54) is 0 Å². The van der Waals surface area contributed by atoms with Crippen molar-refractivity contribution in [2.24, 2.45) is 0 Å². The van der Waals surface area contributed by atoms with Gasteiger partial charge >= 0.3 is 0 Å². The highest BCUT2D eigenvalue weighted by Crippen LogP contribution is 2.21. The second-order valence-corrected chi connectivity index (χ2v) is 5.83. The van der Waals surface area contributed by atoms with E-state index in [4.69, 9.17) is 0 Å². The predicted octanol–water partition coefficient (Wildman–Crippen LogP) is 2.29. The van der Waals surface area contributed by atoms with E-state index in [0.717, 1.165) is 30.1 Å². The molecule has 0 spiro atoms. The smallest absolute Gasteiger partial charge is 0.154 e. The molecule has 5 heteroatoms. The summed E-state index contributed by atoms with van der Waals surface area (Å²) >= 11 is 0. The molecule has 5 nitrogen and oxygen atoms in total. The highest BCUT2D eigenvalue weighted by Gasteiger charge is 2.12. The Labute approximate surface area is 121 Å². The molecule has 0 atom stereocenters. The lowest BCUT2D eigenvalue weighted by Gasteiger charge is -2.19. The van der Waals surface area contributed by atoms with E-state index in [0.29, 0.717) is 12.0 Å². The minimum absolute atomic E-state index is 0.427. The van der Waals surface area contributed by atoms with Crippen LogP contribution < -0.4 is 10.2 Å². The Morgan fingerprint density at radius 3 is 2.70 bits per heavy atom. The highest BCUT2D eigenvalue weighted by atomic mass is 15.3. The zero-order valence-electron chi connectivity index (χ0n) is 13.1. The lowest BCUT2D eigenvalue weighted by atomic mass is 10.1. The van der Waals surface area contributed by atoms with Crippen molar-refractivity contribution < 1.29 is 0 Å². The Hall–Kier alpha value is -1.62. The van der Waals surface area contributed by atoms with E-state index in [1.807, 2.05) is 16.9 Å². The first-order chi connectivity index (χ1) is 9.49. The number of likely N-dealkylation sites (N-methyl/N-ethyl adjacent to an activating group) is 1. The molecule has 0 aliphatic rings. The molecule has 2 heterocycles. The lowest BCUT2D eigenvalue weighted by Crippen LogP contribution is -2.33. The molecule has 110 valence electrons. The van der Waals surface area contributed by atoms with Gasteiger partial charge in [-0.15, -0.1) is 0 Å². The number of anilines is 1. The van der Waals surface area contributed by atoms with E-state index in [9.17, 15) is 0 Å². The van der Waals surface area contributed by atoms with E-state index in [1.54, 1.807) is 0 Å². The summed E-state index contributed by atoms with van der Waals surface area (Å²) in [5, 5.41) is 8.02. The molecule has 0 aliphatic heterocycles. The fourth-order valence-electron chi connectivity index (χ4n) is 2.13. The van der Waals surface area contributed by atoms with E-state index >= 15 is 0 Å². The summed E-state index contributed by atoms with van der Waals surface area (Å²) in [7, 11) is 2.08. The molecule has 0 aromatic carbocycles. The van der Waals surface area contributed by atoms with Gasteiger partial charge in [-0.2, -0.15) is 5.10 Å². The molecule has 2 aromatic rings. The normalized spacial score (nSPS) is 11.8. The van der Waals surface area contributed by atoms with Crippen LogP contribution in [0.4, 0.5) is 5.82 Å². The summed E-state index contributed by atoms with van der Waals surface area (Å²) in [5.41, 5.74) is 2.18. The topological polar surface area (TPSA) is 45.5 Å². The zero-order chi connectivity index (χ0) is 14.7. The van der Waals surface area contributed by atoms with Crippen molar-refractivity contribution in [3.8, 4) is 0 Å². The second kappa shape index (κ2) is 6.22. The molecule has 0 bridgehead atoms. The summed E-state index contributed by atoms with van der Waals surface area (Å²) in [6, 6.07) is 2.65. The third-order valence-corrected chi connectivity index (χ3v) is 3.34. The third kappa shape index (κ3) is 3.28.